The maximum atomic E-state index is 13.9. The van der Waals surface area contributed by atoms with Gasteiger partial charge in [0.05, 0.1) is 27.5 Å². The van der Waals surface area contributed by atoms with E-state index in [1.54, 1.807) is 11.8 Å². The Kier molecular flexibility index (Phi) is 6.48. The fourth-order valence-corrected chi connectivity index (χ4v) is 11.0. The van der Waals surface area contributed by atoms with Gasteiger partial charge in [-0.05, 0) is 71.7 Å². The minimum absolute atomic E-state index is 0.0150. The summed E-state index contributed by atoms with van der Waals surface area (Å²) < 4.78 is 6.01. The third-order valence-electron chi connectivity index (χ3n) is 9.58. The van der Waals surface area contributed by atoms with Gasteiger partial charge < -0.3 is 9.72 Å². The second-order valence-electron chi connectivity index (χ2n) is 11.7. The van der Waals surface area contributed by atoms with Crippen LogP contribution in [0.25, 0.3) is 0 Å². The molecule has 7 atom stereocenters. The van der Waals surface area contributed by atoms with Crippen LogP contribution in [0.4, 0.5) is 11.4 Å². The number of aromatic amines is 1. The molecule has 12 heteroatoms. The summed E-state index contributed by atoms with van der Waals surface area (Å²) >= 11 is 8.96. The van der Waals surface area contributed by atoms with Crippen LogP contribution in [-0.2, 0) is 16.2 Å². The van der Waals surface area contributed by atoms with Gasteiger partial charge in [0.1, 0.15) is 12.4 Å². The highest BCUT2D eigenvalue weighted by molar-refractivity contribution is 8.00. The molecule has 8 rings (SSSR count). The number of imide groups is 1. The molecule has 2 amide bonds. The number of nitro groups is 1. The number of benzene rings is 3. The molecule has 3 aromatic carbocycles. The summed E-state index contributed by atoms with van der Waals surface area (Å²) in [7, 11) is 0. The smallest absolute Gasteiger partial charge is 0.305 e. The first kappa shape index (κ1) is 27.6. The zero-order valence-corrected chi connectivity index (χ0v) is 25.3. The fraction of sp³-hybridized carbons (Fsp3) is 0.281. The van der Waals surface area contributed by atoms with Gasteiger partial charge >= 0.3 is 4.87 Å². The molecule has 222 valence electrons. The number of carbonyl (C=O) groups excluding carboxylic acids is 2. The Balaban J connectivity index is 1.10. The Morgan fingerprint density at radius 2 is 1.70 bits per heavy atom. The SMILES string of the molecule is O=C1C2C3CC(C2C(=O)N1c1ccc([N+](=O)[O-])cc1)C1C3Sc2[nH]c(=O)sc2[C@@H]1c1ccc(OCc2cccc(Cl)c2)cc1. The molecule has 1 N–H and O–H groups in total. The Labute approximate surface area is 264 Å². The van der Waals surface area contributed by atoms with Crippen molar-refractivity contribution in [2.45, 2.75) is 29.2 Å². The molecule has 0 radical (unpaired) electrons. The van der Waals surface area contributed by atoms with Gasteiger partial charge in [0.25, 0.3) is 5.69 Å². The predicted molar refractivity (Wildman–Crippen MR) is 166 cm³/mol. The number of rotatable bonds is 6. The number of carbonyl (C=O) groups is 2. The first-order valence-corrected chi connectivity index (χ1v) is 16.3. The normalized spacial score (nSPS) is 28.1. The number of anilines is 1. The first-order valence-electron chi connectivity index (χ1n) is 14.3. The lowest BCUT2D eigenvalue weighted by atomic mass is 9.68. The van der Waals surface area contributed by atoms with E-state index in [2.05, 4.69) is 4.98 Å². The lowest BCUT2D eigenvalue weighted by molar-refractivity contribution is -0.384. The van der Waals surface area contributed by atoms with E-state index in [1.807, 2.05) is 48.5 Å². The van der Waals surface area contributed by atoms with Gasteiger partial charge in [0.15, 0.2) is 0 Å². The van der Waals surface area contributed by atoms with Crippen molar-refractivity contribution in [3.05, 3.63) is 114 Å². The van der Waals surface area contributed by atoms with Gasteiger partial charge in [-0.3, -0.25) is 29.4 Å². The Hall–Kier alpha value is -3.93. The molecular weight excluding hydrogens is 622 g/mol. The number of H-pyrrole nitrogens is 1. The molecule has 2 aliphatic carbocycles. The molecule has 9 nitrogen and oxygen atoms in total. The van der Waals surface area contributed by atoms with Crippen LogP contribution >= 0.6 is 34.7 Å². The van der Waals surface area contributed by atoms with Crippen LogP contribution in [0.3, 0.4) is 0 Å². The van der Waals surface area contributed by atoms with Crippen LogP contribution in [0.1, 0.15) is 28.3 Å². The molecule has 3 fully saturated rings. The molecule has 4 aliphatic rings. The van der Waals surface area contributed by atoms with Crippen LogP contribution in [0.2, 0.25) is 5.02 Å². The van der Waals surface area contributed by atoms with Gasteiger partial charge in [-0.1, -0.05) is 47.2 Å². The predicted octanol–water partition coefficient (Wildman–Crippen LogP) is 6.25. The number of halogens is 1. The monoisotopic (exact) mass is 645 g/mol. The second-order valence-corrected chi connectivity index (χ2v) is 14.4. The third-order valence-corrected chi connectivity index (χ3v) is 12.4. The third kappa shape index (κ3) is 4.24. The van der Waals surface area contributed by atoms with Crippen molar-refractivity contribution in [1.29, 1.82) is 0 Å². The molecule has 0 spiro atoms. The fourth-order valence-electron chi connectivity index (χ4n) is 7.93. The van der Waals surface area contributed by atoms with E-state index >= 15 is 0 Å². The molecule has 44 heavy (non-hydrogen) atoms. The van der Waals surface area contributed by atoms with Crippen molar-refractivity contribution in [2.24, 2.45) is 29.6 Å². The molecule has 1 aromatic heterocycles. The summed E-state index contributed by atoms with van der Waals surface area (Å²) in [5.41, 5.74) is 2.27. The van der Waals surface area contributed by atoms with Gasteiger partial charge in [0.2, 0.25) is 11.8 Å². The number of hydrogen-bond donors (Lipinski definition) is 1. The van der Waals surface area contributed by atoms with Crippen molar-refractivity contribution in [2.75, 3.05) is 4.90 Å². The zero-order valence-electron chi connectivity index (χ0n) is 22.9. The molecule has 2 bridgehead atoms. The van der Waals surface area contributed by atoms with E-state index in [0.29, 0.717) is 23.1 Å². The van der Waals surface area contributed by atoms with Gasteiger partial charge in [-0.2, -0.15) is 0 Å². The van der Waals surface area contributed by atoms with Crippen LogP contribution < -0.4 is 14.5 Å². The number of aromatic nitrogens is 1. The minimum Gasteiger partial charge on any atom is -0.489 e. The summed E-state index contributed by atoms with van der Waals surface area (Å²) in [5, 5.41) is 12.7. The number of thiazole rings is 1. The molecule has 4 aromatic rings. The standard InChI is InChI=1S/C32H24ClN3O6S2/c33-17-3-1-2-15(12-17)14-42-20-10-4-16(5-11-20)23-24-21-13-22(27(24)43-29-28(23)44-32(39)34-29)26-25(21)30(37)35(31(26)38)18-6-8-19(9-7-18)36(40)41/h1-12,21-27H,13-14H2,(H,34,39)/t21?,22?,23-,24?,25?,26?,27?/m1/s1. The summed E-state index contributed by atoms with van der Waals surface area (Å²) in [5.74, 6) is -0.734. The zero-order chi connectivity index (χ0) is 30.3. The topological polar surface area (TPSA) is 123 Å². The summed E-state index contributed by atoms with van der Waals surface area (Å²) in [6.45, 7) is 0.377. The molecule has 2 aliphatic heterocycles. The van der Waals surface area contributed by atoms with E-state index in [0.717, 1.165) is 27.5 Å². The highest BCUT2D eigenvalue weighted by Gasteiger charge is 2.69. The average molecular weight is 646 g/mol. The van der Waals surface area contributed by atoms with E-state index in [9.17, 15) is 24.5 Å². The number of nitrogens with zero attached hydrogens (tertiary/aromatic N) is 2. The number of non-ortho nitro benzene ring substituents is 1. The summed E-state index contributed by atoms with van der Waals surface area (Å²) in [4.78, 5) is 56.0. The van der Waals surface area contributed by atoms with Crippen LogP contribution in [0.15, 0.2) is 82.6 Å². The van der Waals surface area contributed by atoms with E-state index < -0.39 is 16.8 Å². The second kappa shape index (κ2) is 10.3. The molecular formula is C32H24ClN3O6S2. The number of amides is 2. The van der Waals surface area contributed by atoms with E-state index in [4.69, 9.17) is 16.3 Å². The average Bonchev–Trinajstić information content (AvgIpc) is 3.75. The quantitative estimate of drug-likeness (QED) is 0.149. The maximum Gasteiger partial charge on any atom is 0.305 e. The molecule has 3 heterocycles. The van der Waals surface area contributed by atoms with E-state index in [1.165, 1.54) is 40.5 Å². The van der Waals surface area contributed by atoms with E-state index in [-0.39, 0.29) is 51.3 Å². The summed E-state index contributed by atoms with van der Waals surface area (Å²) in [6.07, 6.45) is 0.778. The number of thioether (sulfide) groups is 1. The van der Waals surface area contributed by atoms with Gasteiger partial charge in [-0.25, -0.2) is 0 Å². The maximum absolute atomic E-state index is 13.9. The van der Waals surface area contributed by atoms with Crippen molar-refractivity contribution in [3.63, 3.8) is 0 Å². The molecule has 2 saturated carbocycles. The number of hydrogen-bond acceptors (Lipinski definition) is 8. The number of nitro benzene ring substituents is 1. The number of fused-ring (bicyclic) bond motifs is 9. The first-order chi connectivity index (χ1) is 21.3. The molecule has 6 unspecified atom stereocenters. The lowest BCUT2D eigenvalue weighted by Crippen LogP contribution is -2.42. The Bertz CT molecular complexity index is 1890. The van der Waals surface area contributed by atoms with Crippen LogP contribution in [-0.4, -0.2) is 27.0 Å². The summed E-state index contributed by atoms with van der Waals surface area (Å²) in [6, 6.07) is 21.0. The number of nitrogens with one attached hydrogen (secondary N) is 1. The lowest BCUT2D eigenvalue weighted by Gasteiger charge is -2.43. The van der Waals surface area contributed by atoms with Crippen LogP contribution in [0, 0.1) is 39.7 Å². The highest BCUT2D eigenvalue weighted by Crippen LogP contribution is 2.68. The van der Waals surface area contributed by atoms with Crippen molar-refractivity contribution in [3.8, 4) is 5.75 Å². The Morgan fingerprint density at radius 1 is 0.977 bits per heavy atom. The number of ether oxygens (including phenoxy) is 1. The molecule has 1 saturated heterocycles. The van der Waals surface area contributed by atoms with Crippen LogP contribution in [0.5, 0.6) is 5.75 Å². The van der Waals surface area contributed by atoms with Crippen molar-refractivity contribution >= 4 is 57.9 Å². The Morgan fingerprint density at radius 3 is 2.41 bits per heavy atom. The minimum atomic E-state index is -0.505. The van der Waals surface area contributed by atoms with Gasteiger partial charge in [0, 0.05) is 33.2 Å². The highest BCUT2D eigenvalue weighted by atomic mass is 35.5. The largest absolute Gasteiger partial charge is 0.489 e. The van der Waals surface area contributed by atoms with Gasteiger partial charge in [-0.15, -0.1) is 11.8 Å². The van der Waals surface area contributed by atoms with Crippen molar-refractivity contribution in [1.82, 2.24) is 4.98 Å². The van der Waals surface area contributed by atoms with Crippen molar-refractivity contribution < 1.29 is 19.2 Å².